The molecule has 1 spiro atoms. The van der Waals surface area contributed by atoms with Gasteiger partial charge in [0.1, 0.15) is 5.75 Å². The summed E-state index contributed by atoms with van der Waals surface area (Å²) in [6.07, 6.45) is 4.73. The summed E-state index contributed by atoms with van der Waals surface area (Å²) in [7, 11) is 1.62. The average Bonchev–Trinajstić information content (AvgIpc) is 2.57. The van der Waals surface area contributed by atoms with Crippen LogP contribution in [0.2, 0.25) is 0 Å². The number of piperidine rings is 2. The van der Waals surface area contributed by atoms with Crippen molar-refractivity contribution >= 4 is 24.1 Å². The number of likely N-dealkylation sites (tertiary alicyclic amines) is 1. The molecule has 2 heterocycles. The summed E-state index contributed by atoms with van der Waals surface area (Å²) in [6.45, 7) is 3.93. The van der Waals surface area contributed by atoms with E-state index in [1.54, 1.807) is 7.11 Å². The Morgan fingerprint density at radius 2 is 1.83 bits per heavy atom. The van der Waals surface area contributed by atoms with E-state index < -0.39 is 0 Å². The third-order valence-electron chi connectivity index (χ3n) is 5.12. The topological polar surface area (TPSA) is 53.6 Å². The predicted molar refractivity (Wildman–Crippen MR) is 94.6 cm³/mol. The van der Waals surface area contributed by atoms with Gasteiger partial charge in [0.05, 0.1) is 12.8 Å². The number of halogens is 1. The lowest BCUT2D eigenvalue weighted by Gasteiger charge is -2.44. The van der Waals surface area contributed by atoms with Crippen LogP contribution in [0.3, 0.4) is 0 Å². The molecule has 0 aromatic heterocycles. The Hall–Kier alpha value is -1.46. The molecular formula is C17H26ClN3O2. The number of hydrogen-bond acceptors (Lipinski definition) is 3. The van der Waals surface area contributed by atoms with Crippen LogP contribution in [0.1, 0.15) is 25.7 Å². The predicted octanol–water partition coefficient (Wildman–Crippen LogP) is 3.11. The molecule has 0 unspecified atom stereocenters. The van der Waals surface area contributed by atoms with Crippen LogP contribution in [0.25, 0.3) is 0 Å². The SMILES string of the molecule is COc1ccccc1NC(=O)N1CCC2(CCNCC2)CC1.Cl. The van der Waals surface area contributed by atoms with Gasteiger partial charge in [-0.3, -0.25) is 0 Å². The fourth-order valence-electron chi connectivity index (χ4n) is 3.58. The summed E-state index contributed by atoms with van der Waals surface area (Å²) in [5.74, 6) is 0.697. The van der Waals surface area contributed by atoms with Crippen LogP contribution >= 0.6 is 12.4 Å². The van der Waals surface area contributed by atoms with Gasteiger partial charge in [0.25, 0.3) is 0 Å². The van der Waals surface area contributed by atoms with Gasteiger partial charge in [0, 0.05) is 13.1 Å². The van der Waals surface area contributed by atoms with Crippen LogP contribution in [0.5, 0.6) is 5.75 Å². The molecule has 3 rings (SSSR count). The minimum atomic E-state index is -0.0201. The monoisotopic (exact) mass is 339 g/mol. The van der Waals surface area contributed by atoms with Crippen molar-refractivity contribution in [3.63, 3.8) is 0 Å². The minimum absolute atomic E-state index is 0. The van der Waals surface area contributed by atoms with E-state index in [1.165, 1.54) is 12.8 Å². The van der Waals surface area contributed by atoms with Crippen LogP contribution in [0.4, 0.5) is 10.5 Å². The number of nitrogens with zero attached hydrogens (tertiary/aromatic N) is 1. The Morgan fingerprint density at radius 1 is 1.17 bits per heavy atom. The van der Waals surface area contributed by atoms with Crippen molar-refractivity contribution in [3.8, 4) is 5.75 Å². The maximum absolute atomic E-state index is 12.5. The summed E-state index contributed by atoms with van der Waals surface area (Å²) in [4.78, 5) is 14.4. The molecule has 128 valence electrons. The fraction of sp³-hybridized carbons (Fsp3) is 0.588. The molecule has 2 amide bonds. The lowest BCUT2D eigenvalue weighted by atomic mass is 9.72. The number of ether oxygens (including phenoxy) is 1. The van der Waals surface area contributed by atoms with Gasteiger partial charge < -0.3 is 20.3 Å². The van der Waals surface area contributed by atoms with Crippen molar-refractivity contribution in [1.29, 1.82) is 0 Å². The Kier molecular flexibility index (Phi) is 6.13. The highest BCUT2D eigenvalue weighted by Gasteiger charge is 2.36. The standard InChI is InChI=1S/C17H25N3O2.ClH/c1-22-15-5-3-2-4-14(15)19-16(21)20-12-8-17(9-13-20)6-10-18-11-7-17;/h2-5,18H,6-13H2,1H3,(H,19,21);1H. The fourth-order valence-corrected chi connectivity index (χ4v) is 3.58. The molecule has 0 saturated carbocycles. The van der Waals surface area contributed by atoms with Crippen molar-refractivity contribution in [3.05, 3.63) is 24.3 Å². The summed E-state index contributed by atoms with van der Waals surface area (Å²) in [6, 6.07) is 7.51. The van der Waals surface area contributed by atoms with Crippen molar-refractivity contribution in [1.82, 2.24) is 10.2 Å². The van der Waals surface area contributed by atoms with Gasteiger partial charge in [-0.15, -0.1) is 12.4 Å². The van der Waals surface area contributed by atoms with Crippen LogP contribution < -0.4 is 15.4 Å². The van der Waals surface area contributed by atoms with Crippen LogP contribution in [-0.2, 0) is 0 Å². The number of methoxy groups -OCH3 is 1. The molecule has 0 aliphatic carbocycles. The molecule has 0 bridgehead atoms. The van der Waals surface area contributed by atoms with Gasteiger partial charge >= 0.3 is 6.03 Å². The lowest BCUT2D eigenvalue weighted by Crippen LogP contribution is -2.48. The highest BCUT2D eigenvalue weighted by Crippen LogP contribution is 2.39. The number of carbonyl (C=O) groups excluding carboxylic acids is 1. The number of urea groups is 1. The van der Waals surface area contributed by atoms with E-state index in [0.717, 1.165) is 44.7 Å². The molecule has 2 aliphatic heterocycles. The molecule has 2 N–H and O–H groups in total. The van der Waals surface area contributed by atoms with Crippen LogP contribution in [0, 0.1) is 5.41 Å². The molecule has 5 nitrogen and oxygen atoms in total. The number of para-hydroxylation sites is 2. The number of rotatable bonds is 2. The van der Waals surface area contributed by atoms with Gasteiger partial charge in [0.2, 0.25) is 0 Å². The quantitative estimate of drug-likeness (QED) is 0.870. The summed E-state index contributed by atoms with van der Waals surface area (Å²) >= 11 is 0. The Morgan fingerprint density at radius 3 is 2.48 bits per heavy atom. The minimum Gasteiger partial charge on any atom is -0.495 e. The second kappa shape index (κ2) is 7.88. The average molecular weight is 340 g/mol. The Balaban J connectivity index is 0.00000192. The first-order valence-electron chi connectivity index (χ1n) is 8.12. The van der Waals surface area contributed by atoms with Gasteiger partial charge in [-0.05, 0) is 56.3 Å². The first-order chi connectivity index (χ1) is 10.7. The molecule has 23 heavy (non-hydrogen) atoms. The van der Waals surface area contributed by atoms with Crippen LogP contribution in [0.15, 0.2) is 24.3 Å². The van der Waals surface area contributed by atoms with E-state index in [0.29, 0.717) is 11.2 Å². The molecule has 1 aromatic rings. The van der Waals surface area contributed by atoms with Gasteiger partial charge in [-0.25, -0.2) is 4.79 Å². The first kappa shape index (κ1) is 17.9. The summed E-state index contributed by atoms with van der Waals surface area (Å²) in [5.41, 5.74) is 1.20. The van der Waals surface area contributed by atoms with Crippen molar-refractivity contribution in [2.45, 2.75) is 25.7 Å². The highest BCUT2D eigenvalue weighted by atomic mass is 35.5. The van der Waals surface area contributed by atoms with E-state index in [-0.39, 0.29) is 18.4 Å². The third-order valence-corrected chi connectivity index (χ3v) is 5.12. The molecule has 2 fully saturated rings. The van der Waals surface area contributed by atoms with Gasteiger partial charge in [-0.2, -0.15) is 0 Å². The van der Waals surface area contributed by atoms with Crippen molar-refractivity contribution in [2.24, 2.45) is 5.41 Å². The third kappa shape index (κ3) is 4.09. The molecule has 6 heteroatoms. The van der Waals surface area contributed by atoms with Crippen LogP contribution in [-0.4, -0.2) is 44.2 Å². The Labute approximate surface area is 144 Å². The number of amides is 2. The number of hydrogen-bond donors (Lipinski definition) is 2. The summed E-state index contributed by atoms with van der Waals surface area (Å²) in [5, 5.41) is 6.40. The van der Waals surface area contributed by atoms with E-state index in [1.807, 2.05) is 29.2 Å². The first-order valence-corrected chi connectivity index (χ1v) is 8.12. The van der Waals surface area contributed by atoms with E-state index in [2.05, 4.69) is 10.6 Å². The maximum Gasteiger partial charge on any atom is 0.321 e. The van der Waals surface area contributed by atoms with Crippen molar-refractivity contribution in [2.75, 3.05) is 38.6 Å². The van der Waals surface area contributed by atoms with E-state index in [4.69, 9.17) is 4.74 Å². The van der Waals surface area contributed by atoms with E-state index in [9.17, 15) is 4.79 Å². The van der Waals surface area contributed by atoms with Gasteiger partial charge in [-0.1, -0.05) is 12.1 Å². The molecule has 2 saturated heterocycles. The molecule has 0 atom stereocenters. The molecule has 1 aromatic carbocycles. The Bertz CT molecular complexity index is 522. The maximum atomic E-state index is 12.5. The second-order valence-electron chi connectivity index (χ2n) is 6.37. The zero-order valence-corrected chi connectivity index (χ0v) is 14.5. The highest BCUT2D eigenvalue weighted by molar-refractivity contribution is 5.91. The zero-order chi connectivity index (χ0) is 15.4. The van der Waals surface area contributed by atoms with Crippen molar-refractivity contribution < 1.29 is 9.53 Å². The van der Waals surface area contributed by atoms with E-state index >= 15 is 0 Å². The molecule has 0 radical (unpaired) electrons. The number of nitrogens with one attached hydrogen (secondary N) is 2. The summed E-state index contributed by atoms with van der Waals surface area (Å²) < 4.78 is 5.28. The number of benzene rings is 1. The smallest absolute Gasteiger partial charge is 0.321 e. The van der Waals surface area contributed by atoms with Gasteiger partial charge in [0.15, 0.2) is 0 Å². The number of carbonyl (C=O) groups is 1. The molecule has 2 aliphatic rings. The largest absolute Gasteiger partial charge is 0.495 e. The molecular weight excluding hydrogens is 314 g/mol. The second-order valence-corrected chi connectivity index (χ2v) is 6.37. The lowest BCUT2D eigenvalue weighted by molar-refractivity contribution is 0.0915. The zero-order valence-electron chi connectivity index (χ0n) is 13.6. The number of anilines is 1. The normalized spacial score (nSPS) is 19.8.